The maximum atomic E-state index is 13.4. The molecule has 0 aliphatic carbocycles. The van der Waals surface area contributed by atoms with Gasteiger partial charge in [0.1, 0.15) is 43.2 Å². The number of ether oxygens (including phenoxy) is 9. The molecule has 0 aromatic rings. The Morgan fingerprint density at radius 2 is 1.54 bits per heavy atom. The number of carbonyl (C=O) groups excluding carboxylic acids is 2. The molecule has 0 aromatic heterocycles. The fourth-order valence-electron chi connectivity index (χ4n) is 14.3. The molecule has 3 spiro atoms. The van der Waals surface area contributed by atoms with E-state index in [1.54, 1.807) is 19.1 Å². The minimum atomic E-state index is -5.46. The van der Waals surface area contributed by atoms with E-state index in [0.717, 1.165) is 31.3 Å². The van der Waals surface area contributed by atoms with Crippen molar-refractivity contribution in [2.24, 2.45) is 23.7 Å². The number of aliphatic hydroxyl groups excluding tert-OH is 6. The summed E-state index contributed by atoms with van der Waals surface area (Å²) < 4.78 is 164. The highest BCUT2D eigenvalue weighted by Crippen LogP contribution is 2.49. The van der Waals surface area contributed by atoms with Gasteiger partial charge in [-0.25, -0.2) is 17.3 Å². The summed E-state index contributed by atoms with van der Waals surface area (Å²) in [7, 11) is -15.9. The predicted octanol–water partition coefficient (Wildman–Crippen LogP) is 4.58. The van der Waals surface area contributed by atoms with Crippen molar-refractivity contribution in [3.63, 3.8) is 0 Å². The number of carbonyl (C=O) groups is 2. The molecule has 6 fully saturated rings. The van der Waals surface area contributed by atoms with Gasteiger partial charge in [0.2, 0.25) is 5.79 Å². The zero-order valence-corrected chi connectivity index (χ0v) is 59.2. The molecule has 0 saturated carbocycles. The lowest BCUT2D eigenvalue weighted by Gasteiger charge is -2.51. The van der Waals surface area contributed by atoms with Crippen molar-refractivity contribution in [3.05, 3.63) is 59.8 Å². The molecule has 33 heteroatoms. The molecule has 7 aliphatic rings. The summed E-state index contributed by atoms with van der Waals surface area (Å²) in [5.41, 5.74) is -0.120. The first-order valence-electron chi connectivity index (χ1n) is 33.8. The Balaban J connectivity index is 0.800. The molecule has 30 nitrogen and oxygen atoms in total. The second-order valence-electron chi connectivity index (χ2n) is 28.0. The first kappa shape index (κ1) is 82.0. The second-order valence-corrected chi connectivity index (χ2v) is 31.2. The van der Waals surface area contributed by atoms with Gasteiger partial charge in [0, 0.05) is 50.4 Å². The Labute approximate surface area is 574 Å². The van der Waals surface area contributed by atoms with Crippen molar-refractivity contribution >= 4 is 43.1 Å². The van der Waals surface area contributed by atoms with E-state index in [1.165, 1.54) is 19.1 Å². The number of hydrogen-bond acceptors (Lipinski definition) is 27. The van der Waals surface area contributed by atoms with E-state index < -0.39 is 165 Å². The fraction of sp³-hybridized carbons (Fsp3) is 0.815. The summed E-state index contributed by atoms with van der Waals surface area (Å²) in [6, 6.07) is 0. The Bertz CT molecular complexity index is 3140. The summed E-state index contributed by atoms with van der Waals surface area (Å²) >= 11 is 0. The van der Waals surface area contributed by atoms with Gasteiger partial charge in [-0.15, -0.1) is 0 Å². The summed E-state index contributed by atoms with van der Waals surface area (Å²) in [6.45, 7) is 16.7. The molecule has 0 amide bonds. The molecule has 10 N–H and O–H groups in total. The van der Waals surface area contributed by atoms with Crippen LogP contribution in [0.3, 0.4) is 0 Å². The van der Waals surface area contributed by atoms with Crippen LogP contribution in [0.5, 0.6) is 0 Å². The van der Waals surface area contributed by atoms with E-state index in [1.807, 2.05) is 26.0 Å². The number of allylic oxidation sites excluding steroid dienone is 1. The molecule has 98 heavy (non-hydrogen) atoms. The van der Waals surface area contributed by atoms with Gasteiger partial charge in [-0.1, -0.05) is 70.2 Å². The number of esters is 2. The maximum absolute atomic E-state index is 13.4. The van der Waals surface area contributed by atoms with Crippen LogP contribution >= 0.6 is 0 Å². The largest absolute Gasteiger partial charge is 0.465 e. The summed E-state index contributed by atoms with van der Waals surface area (Å²) in [6.07, 6.45) is -0.733. The van der Waals surface area contributed by atoms with E-state index in [0.29, 0.717) is 62.7 Å². The van der Waals surface area contributed by atoms with Gasteiger partial charge in [0.15, 0.2) is 17.2 Å². The van der Waals surface area contributed by atoms with Crippen LogP contribution in [0.2, 0.25) is 0 Å². The van der Waals surface area contributed by atoms with E-state index in [4.69, 9.17) is 51.7 Å². The first-order valence-corrected chi connectivity index (χ1v) is 37.9. The summed E-state index contributed by atoms with van der Waals surface area (Å²) in [5, 5.41) is 77.6. The third-order valence-electron chi connectivity index (χ3n) is 19.6. The average molecular weight is 1460 g/mol. The third kappa shape index (κ3) is 23.6. The molecule has 0 bridgehead atoms. The molecule has 0 aromatic carbocycles. The molecule has 7 heterocycles. The minimum Gasteiger partial charge on any atom is -0.465 e. The maximum Gasteiger partial charge on any atom is 0.397 e. The zero-order valence-electron chi connectivity index (χ0n) is 56.8. The molecule has 562 valence electrons. The normalized spacial score (nSPS) is 34.5. The second kappa shape index (κ2) is 35.0. The van der Waals surface area contributed by atoms with Gasteiger partial charge >= 0.3 is 43.1 Å². The highest BCUT2D eigenvalue weighted by atomic mass is 32.3. The molecule has 7 rings (SSSR count). The number of fused-ring (bicyclic) bond motifs is 1. The van der Waals surface area contributed by atoms with Gasteiger partial charge in [-0.2, -0.15) is 25.3 Å². The predicted molar refractivity (Wildman–Crippen MR) is 345 cm³/mol. The Morgan fingerprint density at radius 1 is 0.827 bits per heavy atom. The molecule has 0 radical (unpaired) electrons. The SMILES string of the molecule is C=C1[C@@H](O)[C@@H]2O[C@]3(CC[C@H](/C=C/[C@@H](C)[C@@H]4CC(C)=C[C@@]5(O[C@H](C[C@@](C)(O)C(=O)OC/C(C)=C/CCOC(=O)C/C=C\CCC(O)CC(CC(O)C(OS(=O)(=O)O)C(O)COS(=O)(=O)O)OS(=O)(=O)O)CC[C@H]5O)O4)O3)CC[C@H]2O[C@@H]1[C@@H](O)C[C@H](C)[C@H]1O[C@@]2(CC[C@H]1C)OCCC[C@H]2C. The average Bonchev–Trinajstić information content (AvgIpc) is 1.20. The highest BCUT2D eigenvalue weighted by Gasteiger charge is 2.56. The smallest absolute Gasteiger partial charge is 0.397 e. The van der Waals surface area contributed by atoms with Crippen molar-refractivity contribution in [1.29, 1.82) is 0 Å². The van der Waals surface area contributed by atoms with Crippen molar-refractivity contribution in [3.8, 4) is 0 Å². The number of hydrogen-bond donors (Lipinski definition) is 10. The van der Waals surface area contributed by atoms with Crippen LogP contribution in [-0.2, 0) is 96.0 Å². The van der Waals surface area contributed by atoms with Crippen LogP contribution < -0.4 is 0 Å². The first-order chi connectivity index (χ1) is 45.7. The van der Waals surface area contributed by atoms with Crippen LogP contribution in [0.25, 0.3) is 0 Å². The van der Waals surface area contributed by atoms with E-state index >= 15 is 0 Å². The Hall–Kier alpha value is -3.31. The van der Waals surface area contributed by atoms with Crippen molar-refractivity contribution < 1.29 is 139 Å². The lowest BCUT2D eigenvalue weighted by molar-refractivity contribution is -0.334. The molecule has 7 aliphatic heterocycles. The van der Waals surface area contributed by atoms with E-state index in [2.05, 4.69) is 39.9 Å². The third-order valence-corrected chi connectivity index (χ3v) is 21.0. The number of rotatable bonds is 33. The quantitative estimate of drug-likeness (QED) is 0.0186. The molecular formula is C65H104O30S3. The Kier molecular flexibility index (Phi) is 29.3. The summed E-state index contributed by atoms with van der Waals surface area (Å²) in [4.78, 5) is 25.8. The van der Waals surface area contributed by atoms with Gasteiger partial charge in [-0.3, -0.25) is 18.5 Å². The minimum absolute atomic E-state index is 0.00799. The van der Waals surface area contributed by atoms with Crippen molar-refractivity contribution in [2.75, 3.05) is 26.4 Å². The van der Waals surface area contributed by atoms with Gasteiger partial charge in [0.05, 0.1) is 81.2 Å². The molecule has 6 saturated heterocycles. The topological polar surface area (TPSA) is 450 Å². The van der Waals surface area contributed by atoms with E-state index in [-0.39, 0.29) is 87.6 Å². The van der Waals surface area contributed by atoms with Crippen LogP contribution in [-0.4, -0.2) is 228 Å². The van der Waals surface area contributed by atoms with E-state index in [9.17, 15) is 75.1 Å². The highest BCUT2D eigenvalue weighted by molar-refractivity contribution is 7.81. The lowest BCUT2D eigenvalue weighted by atomic mass is 9.78. The standard InChI is InChI=1S/C65H104O30S3/c1-38(14-12-28-84-55(71)17-11-9-10-16-45(66)32-48(94-97(78,79)80)33-50(68)59(95-98(81,82)83)51(69)37-87-96(75,76)77)36-85-61(73)62(8,74)35-47-20-21-54(70)65(90-47)34-39(2)30-53(91-65)40(3)18-19-46-23-25-63(89-46)26-24-52-60(92-63)56(72)44(7)58(88-52)49(67)31-42(5)57-41(4)22-27-64(93-57)43(6)15-13-29-86-64/h9,11,14,18-19,34,40-43,45-54,56-60,66-70,72,74H,7,10,12-13,15-17,20-33,35-37H2,1-6,8H3,(H,75,76,77)(H,78,79,80)(H,81,82,83)/b11-9-,19-18+,38-14+/t40-,41-,42+,43-,45?,46+,47+,48?,49+,50?,51?,52-,53+,54-,56-,57+,58+,59?,60-,62-,63-,64-,65-/m1/s1. The van der Waals surface area contributed by atoms with Crippen molar-refractivity contribution in [1.82, 2.24) is 0 Å². The monoisotopic (exact) mass is 1460 g/mol. The zero-order chi connectivity index (χ0) is 72.3. The van der Waals surface area contributed by atoms with Crippen molar-refractivity contribution in [2.45, 2.75) is 285 Å². The fourth-order valence-corrected chi connectivity index (χ4v) is 15.7. The molecule has 23 atom stereocenters. The van der Waals surface area contributed by atoms with Crippen LogP contribution in [0.4, 0.5) is 0 Å². The molecule has 5 unspecified atom stereocenters. The molecular weight excluding hydrogens is 1360 g/mol. The van der Waals surface area contributed by atoms with Crippen LogP contribution in [0, 0.1) is 23.7 Å². The van der Waals surface area contributed by atoms with Crippen LogP contribution in [0.15, 0.2) is 59.8 Å². The summed E-state index contributed by atoms with van der Waals surface area (Å²) in [5.74, 6) is -4.25. The number of aliphatic hydroxyl groups is 7. The Morgan fingerprint density at radius 3 is 2.23 bits per heavy atom. The van der Waals surface area contributed by atoms with Gasteiger partial charge in [0.25, 0.3) is 0 Å². The lowest BCUT2D eigenvalue weighted by Crippen LogP contribution is -2.60. The van der Waals surface area contributed by atoms with Gasteiger partial charge < -0.3 is 78.4 Å². The van der Waals surface area contributed by atoms with Crippen LogP contribution in [0.1, 0.15) is 170 Å². The van der Waals surface area contributed by atoms with Gasteiger partial charge in [-0.05, 0) is 127 Å².